The van der Waals surface area contributed by atoms with Crippen LogP contribution in [-0.2, 0) is 9.13 Å². The van der Waals surface area contributed by atoms with Gasteiger partial charge in [0.25, 0.3) is 0 Å². The van der Waals surface area contributed by atoms with E-state index in [-0.39, 0.29) is 6.42 Å². The maximum absolute atomic E-state index is 10.5. The Balaban J connectivity index is 3.97. The van der Waals surface area contributed by atoms with E-state index >= 15 is 0 Å². The third kappa shape index (κ3) is 5.89. The second kappa shape index (κ2) is 4.01. The highest BCUT2D eigenvalue weighted by atomic mass is 31.2. The lowest BCUT2D eigenvalue weighted by Gasteiger charge is -2.12. The Morgan fingerprint density at radius 2 is 1.58 bits per heavy atom. The highest BCUT2D eigenvalue weighted by Gasteiger charge is 2.26. The summed E-state index contributed by atoms with van der Waals surface area (Å²) in [6.07, 6.45) is -0.659. The molecule has 0 heterocycles. The maximum Gasteiger partial charge on any atom is 0.328 e. The normalized spacial score (nSPS) is 16.1. The Bertz CT molecular complexity index is 226. The van der Waals surface area contributed by atoms with Gasteiger partial charge in [-0.1, -0.05) is 6.92 Å². The van der Waals surface area contributed by atoms with Gasteiger partial charge in [-0.15, -0.1) is 0 Å². The van der Waals surface area contributed by atoms with Crippen LogP contribution in [0.2, 0.25) is 0 Å². The summed E-state index contributed by atoms with van der Waals surface area (Å²) in [4.78, 5) is 33.9. The molecule has 0 radical (unpaired) electrons. The summed E-state index contributed by atoms with van der Waals surface area (Å²) in [7, 11) is -8.32. The first-order valence-electron chi connectivity index (χ1n) is 3.23. The third-order valence-electron chi connectivity index (χ3n) is 1.41. The minimum atomic E-state index is -4.19. The Morgan fingerprint density at radius 3 is 1.83 bits per heavy atom. The SMILES string of the molecule is CC(CCP(=O)(O)O)P(=O)(O)O. The van der Waals surface area contributed by atoms with Gasteiger partial charge in [0.15, 0.2) is 0 Å². The fourth-order valence-electron chi connectivity index (χ4n) is 0.523. The van der Waals surface area contributed by atoms with Crippen LogP contribution in [0.25, 0.3) is 0 Å². The molecule has 0 spiro atoms. The summed E-state index contributed by atoms with van der Waals surface area (Å²) in [5.74, 6) is 0. The first-order chi connectivity index (χ1) is 5.13. The molecule has 0 aromatic rings. The minimum absolute atomic E-state index is 0.172. The van der Waals surface area contributed by atoms with Crippen LogP contribution in [0.3, 0.4) is 0 Å². The first kappa shape index (κ1) is 12.3. The second-order valence-electron chi connectivity index (χ2n) is 2.62. The summed E-state index contributed by atoms with van der Waals surface area (Å²) in [5, 5.41) is 0. The molecule has 0 aliphatic carbocycles. The van der Waals surface area contributed by atoms with Gasteiger partial charge in [-0.25, -0.2) is 0 Å². The van der Waals surface area contributed by atoms with Crippen LogP contribution in [0.1, 0.15) is 13.3 Å². The van der Waals surface area contributed by atoms with E-state index in [4.69, 9.17) is 19.6 Å². The van der Waals surface area contributed by atoms with Crippen LogP contribution < -0.4 is 0 Å². The molecule has 4 N–H and O–H groups in total. The van der Waals surface area contributed by atoms with E-state index in [1.807, 2.05) is 0 Å². The van der Waals surface area contributed by atoms with Gasteiger partial charge in [-0.2, -0.15) is 0 Å². The largest absolute Gasteiger partial charge is 0.328 e. The van der Waals surface area contributed by atoms with Crippen molar-refractivity contribution >= 4 is 15.2 Å². The summed E-state index contributed by atoms with van der Waals surface area (Å²) in [6.45, 7) is 1.26. The van der Waals surface area contributed by atoms with E-state index in [0.29, 0.717) is 0 Å². The van der Waals surface area contributed by atoms with Crippen molar-refractivity contribution in [2.45, 2.75) is 19.0 Å². The van der Waals surface area contributed by atoms with Gasteiger partial charge in [0.05, 0.1) is 11.8 Å². The minimum Gasteiger partial charge on any atom is -0.324 e. The topological polar surface area (TPSA) is 115 Å². The monoisotopic (exact) mass is 218 g/mol. The summed E-state index contributed by atoms with van der Waals surface area (Å²) in [6, 6.07) is 0. The molecular weight excluding hydrogens is 206 g/mol. The van der Waals surface area contributed by atoms with Crippen LogP contribution in [0.4, 0.5) is 0 Å². The molecule has 0 amide bonds. The Kier molecular flexibility index (Phi) is 4.11. The van der Waals surface area contributed by atoms with Crippen LogP contribution >= 0.6 is 15.2 Å². The van der Waals surface area contributed by atoms with E-state index in [1.165, 1.54) is 6.92 Å². The molecule has 0 aromatic carbocycles. The predicted octanol–water partition coefficient (Wildman–Crippen LogP) is 0.120. The molecule has 0 saturated heterocycles. The molecule has 0 rings (SSSR count). The lowest BCUT2D eigenvalue weighted by atomic mass is 10.4. The zero-order chi connectivity index (χ0) is 9.99. The third-order valence-corrected chi connectivity index (χ3v) is 3.66. The van der Waals surface area contributed by atoms with Gasteiger partial charge in [-0.3, -0.25) is 9.13 Å². The molecule has 0 fully saturated rings. The van der Waals surface area contributed by atoms with Crippen LogP contribution in [-0.4, -0.2) is 31.4 Å². The van der Waals surface area contributed by atoms with Crippen LogP contribution in [0, 0.1) is 0 Å². The highest BCUT2D eigenvalue weighted by molar-refractivity contribution is 7.53. The standard InChI is InChI=1S/C4H12O6P2/c1-4(12(8,9)10)2-3-11(5,6)7/h4H,2-3H2,1H3,(H2,5,6,7)(H2,8,9,10). The first-order valence-corrected chi connectivity index (χ1v) is 6.70. The molecule has 0 bridgehead atoms. The molecule has 12 heavy (non-hydrogen) atoms. The molecule has 8 heteroatoms. The molecule has 6 nitrogen and oxygen atoms in total. The zero-order valence-corrected chi connectivity index (χ0v) is 8.28. The Labute approximate surface area is 69.9 Å². The van der Waals surface area contributed by atoms with E-state index in [0.717, 1.165) is 0 Å². The molecule has 0 aliphatic rings. The average Bonchev–Trinajstić information content (AvgIpc) is 1.78. The summed E-state index contributed by atoms with van der Waals surface area (Å²) < 4.78 is 20.8. The van der Waals surface area contributed by atoms with Crippen LogP contribution in [0.15, 0.2) is 0 Å². The fraction of sp³-hybridized carbons (Fsp3) is 1.00. The highest BCUT2D eigenvalue weighted by Crippen LogP contribution is 2.45. The summed E-state index contributed by atoms with van der Waals surface area (Å²) >= 11 is 0. The molecule has 1 atom stereocenters. The number of rotatable bonds is 4. The lowest BCUT2D eigenvalue weighted by Crippen LogP contribution is -2.05. The molecule has 0 saturated carbocycles. The van der Waals surface area contributed by atoms with Gasteiger partial charge in [0, 0.05) is 0 Å². The molecular formula is C4H12O6P2. The summed E-state index contributed by atoms with van der Waals surface area (Å²) in [5.41, 5.74) is -0.995. The van der Waals surface area contributed by atoms with Crippen molar-refractivity contribution in [3.63, 3.8) is 0 Å². The van der Waals surface area contributed by atoms with Gasteiger partial charge in [0.1, 0.15) is 0 Å². The van der Waals surface area contributed by atoms with Crippen molar-refractivity contribution in [2.75, 3.05) is 6.16 Å². The molecule has 0 aliphatic heterocycles. The van der Waals surface area contributed by atoms with Gasteiger partial charge < -0.3 is 19.6 Å². The Morgan fingerprint density at radius 1 is 1.17 bits per heavy atom. The van der Waals surface area contributed by atoms with E-state index in [9.17, 15) is 9.13 Å². The van der Waals surface area contributed by atoms with Crippen molar-refractivity contribution in [3.05, 3.63) is 0 Å². The van der Waals surface area contributed by atoms with Gasteiger partial charge in [-0.05, 0) is 6.42 Å². The van der Waals surface area contributed by atoms with Crippen molar-refractivity contribution in [3.8, 4) is 0 Å². The number of hydrogen-bond acceptors (Lipinski definition) is 2. The molecule has 1 unspecified atom stereocenters. The second-order valence-corrected chi connectivity index (χ2v) is 6.45. The van der Waals surface area contributed by atoms with E-state index in [1.54, 1.807) is 0 Å². The average molecular weight is 218 g/mol. The van der Waals surface area contributed by atoms with Crippen molar-refractivity contribution in [1.29, 1.82) is 0 Å². The van der Waals surface area contributed by atoms with Crippen molar-refractivity contribution in [2.24, 2.45) is 0 Å². The van der Waals surface area contributed by atoms with Gasteiger partial charge in [0.2, 0.25) is 0 Å². The fourth-order valence-corrected chi connectivity index (χ4v) is 1.92. The smallest absolute Gasteiger partial charge is 0.324 e. The quantitative estimate of drug-likeness (QED) is 0.498. The van der Waals surface area contributed by atoms with Crippen molar-refractivity contribution < 1.29 is 28.7 Å². The maximum atomic E-state index is 10.5. The van der Waals surface area contributed by atoms with E-state index < -0.39 is 27.0 Å². The predicted molar refractivity (Wildman–Crippen MR) is 43.0 cm³/mol. The van der Waals surface area contributed by atoms with E-state index in [2.05, 4.69) is 0 Å². The van der Waals surface area contributed by atoms with Crippen molar-refractivity contribution in [1.82, 2.24) is 0 Å². The zero-order valence-electron chi connectivity index (χ0n) is 6.49. The lowest BCUT2D eigenvalue weighted by molar-refractivity contribution is 0.354. The van der Waals surface area contributed by atoms with Gasteiger partial charge >= 0.3 is 15.2 Å². The van der Waals surface area contributed by atoms with Crippen LogP contribution in [0.5, 0.6) is 0 Å². The molecule has 0 aromatic heterocycles. The Hall–Kier alpha value is 0.300. The number of hydrogen-bond donors (Lipinski definition) is 4. The molecule has 74 valence electrons.